The predicted molar refractivity (Wildman–Crippen MR) is 59.3 cm³/mol. The zero-order valence-corrected chi connectivity index (χ0v) is 9.90. The second-order valence-corrected chi connectivity index (χ2v) is 2.93. The molecule has 1 heterocycles. The van der Waals surface area contributed by atoms with Crippen LogP contribution in [0.25, 0.3) is 0 Å². The Balaban J connectivity index is 0. The SMILES string of the molecule is C1CCOCC1.CNCC(=O)O.COC=O. The van der Waals surface area contributed by atoms with Gasteiger partial charge in [0.2, 0.25) is 0 Å². The molecule has 6 heteroatoms. The number of likely N-dealkylation sites (N-methyl/N-ethyl adjacent to an activating group) is 1. The molecular weight excluding hydrogens is 214 g/mol. The second kappa shape index (κ2) is 16.3. The highest BCUT2D eigenvalue weighted by molar-refractivity contribution is 5.68. The van der Waals surface area contributed by atoms with Crippen molar-refractivity contribution in [3.8, 4) is 0 Å². The van der Waals surface area contributed by atoms with Gasteiger partial charge in [0.1, 0.15) is 0 Å². The minimum absolute atomic E-state index is 0.0417. The van der Waals surface area contributed by atoms with E-state index in [-0.39, 0.29) is 6.54 Å². The maximum Gasteiger partial charge on any atom is 0.317 e. The largest absolute Gasteiger partial charge is 0.480 e. The highest BCUT2D eigenvalue weighted by Gasteiger charge is 1.95. The van der Waals surface area contributed by atoms with Crippen molar-refractivity contribution in [3.05, 3.63) is 0 Å². The Morgan fingerprint density at radius 3 is 2.00 bits per heavy atom. The minimum Gasteiger partial charge on any atom is -0.480 e. The standard InChI is InChI=1S/C5H10O.C3H7NO2.C2H4O2/c1-2-4-6-5-3-1;1-4-2-3(5)6;1-4-2-3/h1-5H2;4H,2H2,1H3,(H,5,6);2H,1H3. The minimum atomic E-state index is -0.822. The van der Waals surface area contributed by atoms with E-state index in [2.05, 4.69) is 10.1 Å². The van der Waals surface area contributed by atoms with Crippen molar-refractivity contribution in [1.29, 1.82) is 0 Å². The number of carboxylic acid groups (broad SMARTS) is 1. The first-order valence-electron chi connectivity index (χ1n) is 5.09. The molecule has 6 nitrogen and oxygen atoms in total. The molecule has 0 aromatic heterocycles. The highest BCUT2D eigenvalue weighted by atomic mass is 16.5. The molecule has 0 aromatic carbocycles. The van der Waals surface area contributed by atoms with Crippen LogP contribution in [0.1, 0.15) is 19.3 Å². The van der Waals surface area contributed by atoms with E-state index in [0.29, 0.717) is 6.47 Å². The van der Waals surface area contributed by atoms with Gasteiger partial charge < -0.3 is 19.9 Å². The molecule has 0 bridgehead atoms. The van der Waals surface area contributed by atoms with Gasteiger partial charge in [-0.2, -0.15) is 0 Å². The molecule has 1 aliphatic heterocycles. The molecule has 0 aliphatic carbocycles. The second-order valence-electron chi connectivity index (χ2n) is 2.93. The van der Waals surface area contributed by atoms with E-state index in [1.54, 1.807) is 7.05 Å². The summed E-state index contributed by atoms with van der Waals surface area (Å²) >= 11 is 0. The first-order chi connectivity index (χ1) is 7.68. The molecular formula is C10H21NO5. The number of nitrogens with one attached hydrogen (secondary N) is 1. The average molecular weight is 235 g/mol. The van der Waals surface area contributed by atoms with E-state index >= 15 is 0 Å². The number of aliphatic carboxylic acids is 1. The lowest BCUT2D eigenvalue weighted by Crippen LogP contribution is -2.16. The molecule has 0 aromatic rings. The number of hydrogen-bond acceptors (Lipinski definition) is 5. The summed E-state index contributed by atoms with van der Waals surface area (Å²) in [4.78, 5) is 18.5. The van der Waals surface area contributed by atoms with Crippen molar-refractivity contribution in [1.82, 2.24) is 5.32 Å². The van der Waals surface area contributed by atoms with E-state index in [4.69, 9.17) is 14.6 Å². The number of ether oxygens (including phenoxy) is 2. The summed E-state index contributed by atoms with van der Waals surface area (Å²) in [6.07, 6.45) is 3.93. The fourth-order valence-electron chi connectivity index (χ4n) is 0.838. The van der Waals surface area contributed by atoms with Crippen molar-refractivity contribution >= 4 is 12.4 Å². The third-order valence-electron chi connectivity index (χ3n) is 1.50. The van der Waals surface area contributed by atoms with Crippen molar-refractivity contribution in [2.45, 2.75) is 19.3 Å². The van der Waals surface area contributed by atoms with Gasteiger partial charge in [0.15, 0.2) is 0 Å². The van der Waals surface area contributed by atoms with Crippen LogP contribution < -0.4 is 5.32 Å². The third-order valence-corrected chi connectivity index (χ3v) is 1.50. The number of hydrogen-bond donors (Lipinski definition) is 2. The molecule has 0 unspecified atom stereocenters. The van der Waals surface area contributed by atoms with Gasteiger partial charge in [-0.15, -0.1) is 0 Å². The Kier molecular flexibility index (Phi) is 17.6. The summed E-state index contributed by atoms with van der Waals surface area (Å²) in [5.74, 6) is -0.822. The quantitative estimate of drug-likeness (QED) is 0.683. The summed E-state index contributed by atoms with van der Waals surface area (Å²) in [5, 5.41) is 10.3. The molecule has 0 atom stereocenters. The first-order valence-corrected chi connectivity index (χ1v) is 5.09. The van der Waals surface area contributed by atoms with Crippen LogP contribution in [0.2, 0.25) is 0 Å². The van der Waals surface area contributed by atoms with E-state index in [9.17, 15) is 4.79 Å². The normalized spacial score (nSPS) is 13.4. The third kappa shape index (κ3) is 23.0. The average Bonchev–Trinajstić information content (AvgIpc) is 2.32. The Hall–Kier alpha value is -1.14. The van der Waals surface area contributed by atoms with Crippen LogP contribution in [-0.2, 0) is 19.1 Å². The van der Waals surface area contributed by atoms with Gasteiger partial charge in [0.25, 0.3) is 6.47 Å². The fraction of sp³-hybridized carbons (Fsp3) is 0.800. The highest BCUT2D eigenvalue weighted by Crippen LogP contribution is 2.02. The number of rotatable bonds is 3. The summed E-state index contributed by atoms with van der Waals surface area (Å²) in [6, 6.07) is 0. The van der Waals surface area contributed by atoms with Crippen molar-refractivity contribution in [2.24, 2.45) is 0 Å². The molecule has 0 saturated carbocycles. The summed E-state index contributed by atoms with van der Waals surface area (Å²) in [7, 11) is 2.90. The first kappa shape index (κ1) is 17.3. The van der Waals surface area contributed by atoms with Gasteiger partial charge in [-0.05, 0) is 26.3 Å². The molecule has 1 aliphatic rings. The molecule has 0 amide bonds. The summed E-state index contributed by atoms with van der Waals surface area (Å²) < 4.78 is 8.93. The van der Waals surface area contributed by atoms with Crippen LogP contribution in [-0.4, -0.2) is 51.5 Å². The van der Waals surface area contributed by atoms with Crippen LogP contribution >= 0.6 is 0 Å². The summed E-state index contributed by atoms with van der Waals surface area (Å²) in [6.45, 7) is 2.42. The van der Waals surface area contributed by atoms with E-state index in [0.717, 1.165) is 13.2 Å². The number of carboxylic acids is 1. The van der Waals surface area contributed by atoms with Gasteiger partial charge in [0, 0.05) is 13.2 Å². The lowest BCUT2D eigenvalue weighted by atomic mass is 10.2. The molecule has 0 spiro atoms. The molecule has 1 fully saturated rings. The molecule has 1 rings (SSSR count). The van der Waals surface area contributed by atoms with Gasteiger partial charge in [0.05, 0.1) is 13.7 Å². The van der Waals surface area contributed by atoms with Gasteiger partial charge in [-0.1, -0.05) is 0 Å². The maximum absolute atomic E-state index is 9.54. The van der Waals surface area contributed by atoms with Gasteiger partial charge in [-0.3, -0.25) is 9.59 Å². The Morgan fingerprint density at radius 2 is 1.94 bits per heavy atom. The number of carbonyl (C=O) groups is 2. The van der Waals surface area contributed by atoms with Gasteiger partial charge >= 0.3 is 5.97 Å². The molecule has 16 heavy (non-hydrogen) atoms. The van der Waals surface area contributed by atoms with E-state index < -0.39 is 5.97 Å². The lowest BCUT2D eigenvalue weighted by Gasteiger charge is -2.08. The molecule has 2 N–H and O–H groups in total. The zero-order valence-electron chi connectivity index (χ0n) is 9.90. The van der Waals surface area contributed by atoms with Crippen LogP contribution in [0.15, 0.2) is 0 Å². The Morgan fingerprint density at radius 1 is 1.44 bits per heavy atom. The molecule has 1 saturated heterocycles. The zero-order chi connectivity index (χ0) is 12.6. The molecule has 0 radical (unpaired) electrons. The lowest BCUT2D eigenvalue weighted by molar-refractivity contribution is -0.135. The van der Waals surface area contributed by atoms with Crippen LogP contribution in [0.3, 0.4) is 0 Å². The van der Waals surface area contributed by atoms with Crippen LogP contribution in [0, 0.1) is 0 Å². The number of methoxy groups -OCH3 is 1. The summed E-state index contributed by atoms with van der Waals surface area (Å²) in [5.41, 5.74) is 0. The van der Waals surface area contributed by atoms with E-state index in [1.165, 1.54) is 26.4 Å². The van der Waals surface area contributed by atoms with Crippen molar-refractivity contribution in [2.75, 3.05) is 33.9 Å². The maximum atomic E-state index is 9.54. The topological polar surface area (TPSA) is 84.9 Å². The number of carbonyl (C=O) groups excluding carboxylic acids is 1. The van der Waals surface area contributed by atoms with Gasteiger partial charge in [-0.25, -0.2) is 0 Å². The Labute approximate surface area is 95.9 Å². The van der Waals surface area contributed by atoms with Crippen LogP contribution in [0.5, 0.6) is 0 Å². The fourth-order valence-corrected chi connectivity index (χ4v) is 0.838. The van der Waals surface area contributed by atoms with Crippen molar-refractivity contribution in [3.63, 3.8) is 0 Å². The predicted octanol–water partition coefficient (Wildman–Crippen LogP) is 0.266. The van der Waals surface area contributed by atoms with Crippen LogP contribution in [0.4, 0.5) is 0 Å². The van der Waals surface area contributed by atoms with E-state index in [1.807, 2.05) is 0 Å². The van der Waals surface area contributed by atoms with Crippen molar-refractivity contribution < 1.29 is 24.2 Å². The molecule has 96 valence electrons. The smallest absolute Gasteiger partial charge is 0.317 e. The Bertz CT molecular complexity index is 148. The monoisotopic (exact) mass is 235 g/mol.